The topological polar surface area (TPSA) is 89.3 Å². The number of carbonyl (C=O) groups excluding carboxylic acids is 1. The molecule has 1 aromatic carbocycles. The third kappa shape index (κ3) is 5.80. The fourth-order valence-corrected chi connectivity index (χ4v) is 2.91. The molecular formula is C12H17FN2O3S. The number of halogens is 1. The van der Waals surface area contributed by atoms with E-state index in [0.29, 0.717) is 12.1 Å². The zero-order chi connectivity index (χ0) is 14.5. The first-order valence-corrected chi connectivity index (χ1v) is 7.66. The Hall–Kier alpha value is -1.47. The van der Waals surface area contributed by atoms with Crippen LogP contribution < -0.4 is 11.1 Å². The van der Waals surface area contributed by atoms with Gasteiger partial charge in [0.15, 0.2) is 9.84 Å². The van der Waals surface area contributed by atoms with Gasteiger partial charge in [0.25, 0.3) is 0 Å². The normalized spacial score (nSPS) is 13.0. The molecule has 0 saturated carbocycles. The quantitative estimate of drug-likeness (QED) is 0.814. The number of hydrogen-bond donors (Lipinski definition) is 2. The van der Waals surface area contributed by atoms with Crippen LogP contribution in [0.4, 0.5) is 10.1 Å². The summed E-state index contributed by atoms with van der Waals surface area (Å²) in [6, 6.07) is 4.60. The molecule has 0 spiro atoms. The molecule has 0 radical (unpaired) electrons. The largest absolute Gasteiger partial charge is 0.327 e. The highest BCUT2D eigenvalue weighted by Gasteiger charge is 2.19. The van der Waals surface area contributed by atoms with Gasteiger partial charge in [-0.3, -0.25) is 4.79 Å². The zero-order valence-electron chi connectivity index (χ0n) is 10.6. The maximum Gasteiger partial charge on any atom is 0.239 e. The first kappa shape index (κ1) is 15.6. The van der Waals surface area contributed by atoms with E-state index in [-0.39, 0.29) is 5.75 Å². The van der Waals surface area contributed by atoms with Gasteiger partial charge in [0.2, 0.25) is 5.91 Å². The van der Waals surface area contributed by atoms with Gasteiger partial charge in [-0.15, -0.1) is 0 Å². The Morgan fingerprint density at radius 1 is 1.37 bits per heavy atom. The van der Waals surface area contributed by atoms with E-state index in [1.807, 2.05) is 0 Å². The summed E-state index contributed by atoms with van der Waals surface area (Å²) in [6.45, 7) is 1.78. The van der Waals surface area contributed by atoms with Crippen molar-refractivity contribution in [2.24, 2.45) is 5.73 Å². The van der Waals surface area contributed by atoms with E-state index in [1.54, 1.807) is 6.92 Å². The van der Waals surface area contributed by atoms with Crippen molar-refractivity contribution < 1.29 is 17.6 Å². The predicted molar refractivity (Wildman–Crippen MR) is 71.9 cm³/mol. The van der Waals surface area contributed by atoms with E-state index in [0.717, 1.165) is 0 Å². The monoisotopic (exact) mass is 288 g/mol. The van der Waals surface area contributed by atoms with Gasteiger partial charge in [0.05, 0.1) is 5.75 Å². The third-order valence-corrected chi connectivity index (χ3v) is 4.11. The van der Waals surface area contributed by atoms with Crippen molar-refractivity contribution in [1.82, 2.24) is 0 Å². The van der Waals surface area contributed by atoms with Crippen molar-refractivity contribution in [3.05, 3.63) is 30.1 Å². The van der Waals surface area contributed by atoms with Crippen molar-refractivity contribution in [2.45, 2.75) is 19.4 Å². The maximum absolute atomic E-state index is 12.7. The lowest BCUT2D eigenvalue weighted by molar-refractivity contribution is -0.113. The molecule has 0 saturated heterocycles. The molecule has 106 valence electrons. The van der Waals surface area contributed by atoms with Crippen LogP contribution in [0.15, 0.2) is 24.3 Å². The summed E-state index contributed by atoms with van der Waals surface area (Å²) in [7, 11) is -3.53. The highest BCUT2D eigenvalue weighted by Crippen LogP contribution is 2.08. The molecule has 1 atom stereocenters. The molecular weight excluding hydrogens is 271 g/mol. The second-order valence-electron chi connectivity index (χ2n) is 4.28. The van der Waals surface area contributed by atoms with Crippen LogP contribution in [0.2, 0.25) is 0 Å². The minimum atomic E-state index is -3.53. The van der Waals surface area contributed by atoms with Crippen molar-refractivity contribution in [2.75, 3.05) is 16.8 Å². The summed E-state index contributed by atoms with van der Waals surface area (Å²) in [5, 5.41) is 2.39. The van der Waals surface area contributed by atoms with Crippen LogP contribution in [0.3, 0.4) is 0 Å². The Labute approximate surface area is 111 Å². The summed E-state index contributed by atoms with van der Waals surface area (Å²) in [5.41, 5.74) is 5.90. The van der Waals surface area contributed by atoms with Crippen LogP contribution in [-0.4, -0.2) is 31.9 Å². The molecule has 0 heterocycles. The number of carbonyl (C=O) groups is 1. The van der Waals surface area contributed by atoms with Gasteiger partial charge < -0.3 is 11.1 Å². The molecule has 1 unspecified atom stereocenters. The molecule has 0 aromatic heterocycles. The minimum absolute atomic E-state index is 0.222. The molecule has 0 aliphatic heterocycles. The number of sulfone groups is 1. The van der Waals surface area contributed by atoms with E-state index in [2.05, 4.69) is 5.32 Å². The van der Waals surface area contributed by atoms with Crippen LogP contribution >= 0.6 is 0 Å². The van der Waals surface area contributed by atoms with E-state index < -0.39 is 33.4 Å². The summed E-state index contributed by atoms with van der Waals surface area (Å²) in [4.78, 5) is 11.6. The molecule has 19 heavy (non-hydrogen) atoms. The van der Waals surface area contributed by atoms with Gasteiger partial charge in [0, 0.05) is 11.7 Å². The average Bonchev–Trinajstić information content (AvgIpc) is 2.30. The maximum atomic E-state index is 12.7. The molecule has 3 N–H and O–H groups in total. The number of amides is 1. The van der Waals surface area contributed by atoms with Gasteiger partial charge in [-0.1, -0.05) is 6.92 Å². The molecule has 0 bridgehead atoms. The van der Waals surface area contributed by atoms with Crippen LogP contribution in [0.1, 0.15) is 13.3 Å². The van der Waals surface area contributed by atoms with Crippen LogP contribution in [0.25, 0.3) is 0 Å². The molecule has 7 heteroatoms. The highest BCUT2D eigenvalue weighted by atomic mass is 32.2. The Morgan fingerprint density at radius 2 is 1.95 bits per heavy atom. The lowest BCUT2D eigenvalue weighted by atomic mass is 10.3. The Bertz CT molecular complexity index is 528. The fourth-order valence-electron chi connectivity index (χ4n) is 1.43. The molecule has 1 amide bonds. The molecule has 1 aromatic rings. The number of nitrogens with two attached hydrogens (primary N) is 1. The average molecular weight is 288 g/mol. The summed E-state index contributed by atoms with van der Waals surface area (Å²) in [6.07, 6.45) is 0.527. The van der Waals surface area contributed by atoms with Crippen molar-refractivity contribution in [3.63, 3.8) is 0 Å². The number of nitrogens with one attached hydrogen (secondary N) is 1. The number of rotatable bonds is 6. The SMILES string of the molecule is CCC(N)CS(=O)(=O)CC(=O)Nc1ccc(F)cc1. The van der Waals surface area contributed by atoms with Crippen LogP contribution in [0, 0.1) is 5.82 Å². The zero-order valence-corrected chi connectivity index (χ0v) is 11.4. The molecule has 0 aliphatic rings. The van der Waals surface area contributed by atoms with Gasteiger partial charge >= 0.3 is 0 Å². The molecule has 1 rings (SSSR count). The van der Waals surface area contributed by atoms with Crippen LogP contribution in [0.5, 0.6) is 0 Å². The van der Waals surface area contributed by atoms with Crippen LogP contribution in [-0.2, 0) is 14.6 Å². The third-order valence-electron chi connectivity index (χ3n) is 2.47. The Balaban J connectivity index is 2.57. The highest BCUT2D eigenvalue weighted by molar-refractivity contribution is 7.92. The van der Waals surface area contributed by atoms with Gasteiger partial charge in [-0.05, 0) is 30.7 Å². The summed E-state index contributed by atoms with van der Waals surface area (Å²) in [5.74, 6) is -1.94. The number of anilines is 1. The van der Waals surface area contributed by atoms with Crippen molar-refractivity contribution in [1.29, 1.82) is 0 Å². The predicted octanol–water partition coefficient (Wildman–Crippen LogP) is 0.916. The van der Waals surface area contributed by atoms with Gasteiger partial charge in [-0.2, -0.15) is 0 Å². The second-order valence-corrected chi connectivity index (χ2v) is 6.39. The van der Waals surface area contributed by atoms with Gasteiger partial charge in [-0.25, -0.2) is 12.8 Å². The standard InChI is InChI=1S/C12H17FN2O3S/c1-2-10(14)7-19(17,18)8-12(16)15-11-5-3-9(13)4-6-11/h3-6,10H,2,7-8,14H2,1H3,(H,15,16). The van der Waals surface area contributed by atoms with Crippen molar-refractivity contribution in [3.8, 4) is 0 Å². The van der Waals surface area contributed by atoms with E-state index >= 15 is 0 Å². The number of benzene rings is 1. The first-order valence-electron chi connectivity index (χ1n) is 5.84. The molecule has 5 nitrogen and oxygen atoms in total. The van der Waals surface area contributed by atoms with Gasteiger partial charge in [0.1, 0.15) is 11.6 Å². The first-order chi connectivity index (χ1) is 8.82. The Morgan fingerprint density at radius 3 is 2.47 bits per heavy atom. The van der Waals surface area contributed by atoms with E-state index in [9.17, 15) is 17.6 Å². The fraction of sp³-hybridized carbons (Fsp3) is 0.417. The smallest absolute Gasteiger partial charge is 0.239 e. The molecule has 0 fully saturated rings. The lowest BCUT2D eigenvalue weighted by Crippen LogP contribution is -2.33. The number of hydrogen-bond acceptors (Lipinski definition) is 4. The second kappa shape index (κ2) is 6.63. The minimum Gasteiger partial charge on any atom is -0.327 e. The van der Waals surface area contributed by atoms with E-state index in [4.69, 9.17) is 5.73 Å². The lowest BCUT2D eigenvalue weighted by Gasteiger charge is -2.10. The summed E-state index contributed by atoms with van der Waals surface area (Å²) >= 11 is 0. The Kier molecular flexibility index (Phi) is 5.44. The van der Waals surface area contributed by atoms with E-state index in [1.165, 1.54) is 24.3 Å². The molecule has 0 aliphatic carbocycles. The summed E-state index contributed by atoms with van der Waals surface area (Å²) < 4.78 is 36.0. The van der Waals surface area contributed by atoms with Crippen molar-refractivity contribution >= 4 is 21.4 Å².